The zero-order valence-electron chi connectivity index (χ0n) is 10.0. The average Bonchev–Trinajstić information content (AvgIpc) is 2.97. The third-order valence-electron chi connectivity index (χ3n) is 3.49. The zero-order chi connectivity index (χ0) is 11.8. The van der Waals surface area contributed by atoms with Gasteiger partial charge in [0.05, 0.1) is 12.2 Å². The van der Waals surface area contributed by atoms with Crippen molar-refractivity contribution in [2.24, 2.45) is 0 Å². The van der Waals surface area contributed by atoms with E-state index < -0.39 is 5.60 Å². The Hall–Kier alpha value is -0.860. The Morgan fingerprint density at radius 1 is 1.25 bits per heavy atom. The molecule has 2 heteroatoms. The van der Waals surface area contributed by atoms with Crippen LogP contribution in [0.2, 0.25) is 0 Å². The van der Waals surface area contributed by atoms with Crippen LogP contribution in [0.4, 0.5) is 0 Å². The predicted molar refractivity (Wildman–Crippen MR) is 64.4 cm³/mol. The van der Waals surface area contributed by atoms with E-state index in [1.807, 2.05) is 26.0 Å². The molecule has 16 heavy (non-hydrogen) atoms. The van der Waals surface area contributed by atoms with Gasteiger partial charge in [-0.2, -0.15) is 0 Å². The Balaban J connectivity index is 2.30. The molecule has 1 aromatic rings. The molecule has 0 heterocycles. The van der Waals surface area contributed by atoms with Crippen molar-refractivity contribution >= 4 is 0 Å². The highest BCUT2D eigenvalue weighted by atomic mass is 16.3. The molecule has 0 amide bonds. The summed E-state index contributed by atoms with van der Waals surface area (Å²) in [6, 6.07) is 8.10. The number of rotatable bonds is 4. The lowest BCUT2D eigenvalue weighted by atomic mass is 9.81. The summed E-state index contributed by atoms with van der Waals surface area (Å²) >= 11 is 0. The molecule has 88 valence electrons. The molecular formula is C14H20O2. The predicted octanol–water partition coefficient (Wildman–Crippen LogP) is 2.02. The summed E-state index contributed by atoms with van der Waals surface area (Å²) in [5.41, 5.74) is 1.61. The van der Waals surface area contributed by atoms with Crippen molar-refractivity contribution in [3.8, 4) is 0 Å². The summed E-state index contributed by atoms with van der Waals surface area (Å²) in [6.07, 6.45) is 2.52. The van der Waals surface area contributed by atoms with Crippen molar-refractivity contribution in [2.45, 2.75) is 44.1 Å². The van der Waals surface area contributed by atoms with Crippen molar-refractivity contribution in [3.05, 3.63) is 35.4 Å². The summed E-state index contributed by atoms with van der Waals surface area (Å²) in [7, 11) is 0. The van der Waals surface area contributed by atoms with Crippen LogP contribution in [0.25, 0.3) is 0 Å². The van der Waals surface area contributed by atoms with Gasteiger partial charge in [0.25, 0.3) is 0 Å². The second kappa shape index (κ2) is 3.86. The molecule has 2 rings (SSSR count). The number of aliphatic hydroxyl groups is 2. The van der Waals surface area contributed by atoms with E-state index >= 15 is 0 Å². The lowest BCUT2D eigenvalue weighted by Crippen LogP contribution is -2.25. The van der Waals surface area contributed by atoms with Gasteiger partial charge in [-0.25, -0.2) is 0 Å². The molecule has 1 saturated carbocycles. The van der Waals surface area contributed by atoms with Gasteiger partial charge in [0.1, 0.15) is 0 Å². The maximum atomic E-state index is 9.98. The molecule has 0 unspecified atom stereocenters. The molecule has 0 spiro atoms. The van der Waals surface area contributed by atoms with Crippen LogP contribution in [0.1, 0.15) is 37.8 Å². The molecule has 0 aliphatic heterocycles. The second-order valence-electron chi connectivity index (χ2n) is 5.60. The largest absolute Gasteiger partial charge is 0.395 e. The van der Waals surface area contributed by atoms with Crippen molar-refractivity contribution in [1.82, 2.24) is 0 Å². The summed E-state index contributed by atoms with van der Waals surface area (Å²) in [5.74, 6) is 0. The van der Waals surface area contributed by atoms with Crippen LogP contribution in [0.15, 0.2) is 24.3 Å². The van der Waals surface area contributed by atoms with E-state index in [1.165, 1.54) is 5.56 Å². The fourth-order valence-electron chi connectivity index (χ4n) is 2.10. The van der Waals surface area contributed by atoms with Crippen molar-refractivity contribution in [2.75, 3.05) is 6.61 Å². The number of hydrogen-bond donors (Lipinski definition) is 2. The third kappa shape index (κ3) is 2.28. The monoisotopic (exact) mass is 220 g/mol. The molecule has 1 aliphatic rings. The van der Waals surface area contributed by atoms with Crippen molar-refractivity contribution < 1.29 is 10.2 Å². The van der Waals surface area contributed by atoms with Crippen LogP contribution in [0, 0.1) is 0 Å². The normalized spacial score (nSPS) is 18.5. The van der Waals surface area contributed by atoms with Crippen LogP contribution >= 0.6 is 0 Å². The quantitative estimate of drug-likeness (QED) is 0.815. The van der Waals surface area contributed by atoms with Crippen LogP contribution in [-0.2, 0) is 11.8 Å². The minimum atomic E-state index is -0.471. The minimum Gasteiger partial charge on any atom is -0.395 e. The van der Waals surface area contributed by atoms with Gasteiger partial charge in [-0.3, -0.25) is 0 Å². The van der Waals surface area contributed by atoms with Crippen LogP contribution in [0.3, 0.4) is 0 Å². The Kier molecular flexibility index (Phi) is 2.81. The molecule has 0 radical (unpaired) electrons. The molecular weight excluding hydrogens is 200 g/mol. The van der Waals surface area contributed by atoms with Gasteiger partial charge in [0.15, 0.2) is 0 Å². The number of aliphatic hydroxyl groups excluding tert-OH is 1. The lowest BCUT2D eigenvalue weighted by molar-refractivity contribution is 0.149. The maximum Gasteiger partial charge on any atom is 0.0690 e. The molecule has 1 aliphatic carbocycles. The molecule has 1 fully saturated rings. The molecule has 0 aromatic heterocycles. The third-order valence-corrected chi connectivity index (χ3v) is 3.49. The molecule has 2 N–H and O–H groups in total. The first-order valence-electron chi connectivity index (χ1n) is 5.88. The van der Waals surface area contributed by atoms with E-state index in [-0.39, 0.29) is 12.0 Å². The van der Waals surface area contributed by atoms with Crippen LogP contribution in [0.5, 0.6) is 0 Å². The van der Waals surface area contributed by atoms with E-state index in [9.17, 15) is 10.2 Å². The van der Waals surface area contributed by atoms with Gasteiger partial charge >= 0.3 is 0 Å². The van der Waals surface area contributed by atoms with E-state index in [4.69, 9.17) is 0 Å². The second-order valence-corrected chi connectivity index (χ2v) is 5.60. The summed E-state index contributed by atoms with van der Waals surface area (Å²) < 4.78 is 0. The van der Waals surface area contributed by atoms with E-state index in [0.717, 1.165) is 18.4 Å². The molecule has 0 saturated heterocycles. The summed E-state index contributed by atoms with van der Waals surface area (Å²) in [5, 5.41) is 19.4. The Morgan fingerprint density at radius 3 is 2.44 bits per heavy atom. The SMILES string of the molecule is CC(C)(CO)c1ccccc1CC1(O)CC1. The standard InChI is InChI=1S/C14H20O2/c1-13(2,10-15)12-6-4-3-5-11(12)9-14(16)7-8-14/h3-6,15-16H,7-10H2,1-2H3. The first kappa shape index (κ1) is 11.6. The van der Waals surface area contributed by atoms with E-state index in [0.29, 0.717) is 6.42 Å². The molecule has 0 bridgehead atoms. The highest BCUT2D eigenvalue weighted by Crippen LogP contribution is 2.40. The van der Waals surface area contributed by atoms with Gasteiger partial charge < -0.3 is 10.2 Å². The zero-order valence-corrected chi connectivity index (χ0v) is 10.0. The van der Waals surface area contributed by atoms with Crippen LogP contribution in [-0.4, -0.2) is 22.4 Å². The molecule has 2 nitrogen and oxygen atoms in total. The fraction of sp³-hybridized carbons (Fsp3) is 0.571. The van der Waals surface area contributed by atoms with Gasteiger partial charge in [-0.15, -0.1) is 0 Å². The lowest BCUT2D eigenvalue weighted by Gasteiger charge is -2.26. The maximum absolute atomic E-state index is 9.98. The fourth-order valence-corrected chi connectivity index (χ4v) is 2.10. The highest BCUT2D eigenvalue weighted by Gasteiger charge is 2.41. The summed E-state index contributed by atoms with van der Waals surface area (Å²) in [6.45, 7) is 4.19. The molecule has 1 aromatic carbocycles. The van der Waals surface area contributed by atoms with Gasteiger partial charge in [-0.1, -0.05) is 38.1 Å². The van der Waals surface area contributed by atoms with Gasteiger partial charge in [0.2, 0.25) is 0 Å². The van der Waals surface area contributed by atoms with Crippen molar-refractivity contribution in [1.29, 1.82) is 0 Å². The first-order valence-corrected chi connectivity index (χ1v) is 5.88. The van der Waals surface area contributed by atoms with Crippen LogP contribution < -0.4 is 0 Å². The Bertz CT molecular complexity index is 378. The Morgan fingerprint density at radius 2 is 1.88 bits per heavy atom. The average molecular weight is 220 g/mol. The smallest absolute Gasteiger partial charge is 0.0690 e. The van der Waals surface area contributed by atoms with E-state index in [1.54, 1.807) is 0 Å². The number of hydrogen-bond acceptors (Lipinski definition) is 2. The van der Waals surface area contributed by atoms with Crippen molar-refractivity contribution in [3.63, 3.8) is 0 Å². The minimum absolute atomic E-state index is 0.127. The first-order chi connectivity index (χ1) is 7.47. The molecule has 0 atom stereocenters. The Labute approximate surface area is 96.9 Å². The topological polar surface area (TPSA) is 40.5 Å². The van der Waals surface area contributed by atoms with E-state index in [2.05, 4.69) is 12.1 Å². The van der Waals surface area contributed by atoms with Gasteiger partial charge in [0, 0.05) is 11.8 Å². The summed E-state index contributed by atoms with van der Waals surface area (Å²) in [4.78, 5) is 0. The van der Waals surface area contributed by atoms with Gasteiger partial charge in [-0.05, 0) is 24.0 Å². The highest BCUT2D eigenvalue weighted by molar-refractivity contribution is 5.35. The number of benzene rings is 1.